The number of hydrogen-bond donors (Lipinski definition) is 2. The van der Waals surface area contributed by atoms with Crippen molar-refractivity contribution >= 4 is 23.2 Å². The normalized spacial score (nSPS) is 10.9. The third-order valence-electron chi connectivity index (χ3n) is 4.66. The molecule has 0 heterocycles. The van der Waals surface area contributed by atoms with E-state index >= 15 is 0 Å². The van der Waals surface area contributed by atoms with Crippen molar-refractivity contribution in [3.05, 3.63) is 78.4 Å². The molecule has 0 aliphatic rings. The number of nitrogens with zero attached hydrogens (tertiary/aromatic N) is 1. The van der Waals surface area contributed by atoms with E-state index in [0.717, 1.165) is 11.1 Å². The van der Waals surface area contributed by atoms with Gasteiger partial charge < -0.3 is 14.8 Å². The van der Waals surface area contributed by atoms with Crippen LogP contribution in [0, 0.1) is 0 Å². The molecule has 2 N–H and O–H groups in total. The van der Waals surface area contributed by atoms with Gasteiger partial charge in [0.1, 0.15) is 11.5 Å². The van der Waals surface area contributed by atoms with Gasteiger partial charge in [0.2, 0.25) is 5.91 Å². The highest BCUT2D eigenvalue weighted by atomic mass is 16.5. The van der Waals surface area contributed by atoms with Crippen LogP contribution in [0.15, 0.2) is 77.9 Å². The molecule has 7 nitrogen and oxygen atoms in total. The van der Waals surface area contributed by atoms with Crippen molar-refractivity contribution in [3.8, 4) is 22.6 Å². The maximum atomic E-state index is 12.6. The fourth-order valence-electron chi connectivity index (χ4n) is 3.08. The Morgan fingerprint density at radius 2 is 1.50 bits per heavy atom. The summed E-state index contributed by atoms with van der Waals surface area (Å²) in [6.45, 7) is 1.68. The van der Waals surface area contributed by atoms with Crippen LogP contribution in [-0.2, 0) is 4.79 Å². The average molecular weight is 431 g/mol. The van der Waals surface area contributed by atoms with Gasteiger partial charge in [0.25, 0.3) is 5.91 Å². The SMILES string of the molecule is COc1cc(OC)cc(C(=O)NN=C(C)CC(=O)Nc2ccccc2-c2ccccc2)c1. The molecule has 32 heavy (non-hydrogen) atoms. The van der Waals surface area contributed by atoms with E-state index in [1.165, 1.54) is 14.2 Å². The molecule has 3 aromatic rings. The van der Waals surface area contributed by atoms with Gasteiger partial charge in [-0.05, 0) is 30.7 Å². The zero-order valence-electron chi connectivity index (χ0n) is 18.2. The molecule has 0 aromatic heterocycles. The molecular weight excluding hydrogens is 406 g/mol. The third kappa shape index (κ3) is 5.95. The quantitative estimate of drug-likeness (QED) is 0.406. The lowest BCUT2D eigenvalue weighted by Crippen LogP contribution is -2.21. The van der Waals surface area contributed by atoms with E-state index < -0.39 is 5.91 Å². The van der Waals surface area contributed by atoms with E-state index in [1.807, 2.05) is 54.6 Å². The molecule has 164 valence electrons. The van der Waals surface area contributed by atoms with Crippen molar-refractivity contribution in [2.75, 3.05) is 19.5 Å². The molecule has 0 aliphatic heterocycles. The van der Waals surface area contributed by atoms with Crippen LogP contribution < -0.4 is 20.2 Å². The summed E-state index contributed by atoms with van der Waals surface area (Å²) in [6.07, 6.45) is 0.0326. The average Bonchev–Trinajstić information content (AvgIpc) is 2.82. The van der Waals surface area contributed by atoms with Crippen molar-refractivity contribution in [2.24, 2.45) is 5.10 Å². The zero-order chi connectivity index (χ0) is 22.9. The van der Waals surface area contributed by atoms with E-state index in [1.54, 1.807) is 25.1 Å². The van der Waals surface area contributed by atoms with Crippen LogP contribution in [0.25, 0.3) is 11.1 Å². The molecule has 2 amide bonds. The maximum Gasteiger partial charge on any atom is 0.271 e. The van der Waals surface area contributed by atoms with Crippen molar-refractivity contribution in [1.29, 1.82) is 0 Å². The highest BCUT2D eigenvalue weighted by Crippen LogP contribution is 2.27. The zero-order valence-corrected chi connectivity index (χ0v) is 18.2. The van der Waals surface area contributed by atoms with Gasteiger partial charge in [-0.15, -0.1) is 0 Å². The molecule has 0 saturated heterocycles. The molecule has 3 aromatic carbocycles. The minimum absolute atomic E-state index is 0.0326. The summed E-state index contributed by atoms with van der Waals surface area (Å²) in [7, 11) is 3.01. The first-order chi connectivity index (χ1) is 15.5. The van der Waals surface area contributed by atoms with Crippen molar-refractivity contribution in [2.45, 2.75) is 13.3 Å². The summed E-state index contributed by atoms with van der Waals surface area (Å²) >= 11 is 0. The Morgan fingerprint density at radius 3 is 2.16 bits per heavy atom. The molecule has 0 saturated carbocycles. The Kier molecular flexibility index (Phi) is 7.59. The van der Waals surface area contributed by atoms with Crippen LogP contribution >= 0.6 is 0 Å². The minimum atomic E-state index is -0.434. The molecule has 0 spiro atoms. The largest absolute Gasteiger partial charge is 0.497 e. The predicted molar refractivity (Wildman–Crippen MR) is 125 cm³/mol. The fraction of sp³-hybridized carbons (Fsp3) is 0.160. The number of hydrazone groups is 1. The summed E-state index contributed by atoms with van der Waals surface area (Å²) in [4.78, 5) is 25.0. The van der Waals surface area contributed by atoms with E-state index in [-0.39, 0.29) is 12.3 Å². The van der Waals surface area contributed by atoms with Gasteiger partial charge >= 0.3 is 0 Å². The van der Waals surface area contributed by atoms with Gasteiger partial charge in [0, 0.05) is 28.6 Å². The number of nitrogens with one attached hydrogen (secondary N) is 2. The van der Waals surface area contributed by atoms with Gasteiger partial charge in [-0.1, -0.05) is 48.5 Å². The fourth-order valence-corrected chi connectivity index (χ4v) is 3.08. The number of para-hydroxylation sites is 1. The molecule has 0 atom stereocenters. The second-order valence-corrected chi connectivity index (χ2v) is 7.03. The maximum absolute atomic E-state index is 12.6. The number of carbonyl (C=O) groups is 2. The van der Waals surface area contributed by atoms with Gasteiger partial charge in [-0.25, -0.2) is 5.43 Å². The number of carbonyl (C=O) groups excluding carboxylic acids is 2. The topological polar surface area (TPSA) is 89.0 Å². The smallest absolute Gasteiger partial charge is 0.271 e. The number of ether oxygens (including phenoxy) is 2. The van der Waals surface area contributed by atoms with Crippen LogP contribution in [0.5, 0.6) is 11.5 Å². The van der Waals surface area contributed by atoms with Gasteiger partial charge in [-0.2, -0.15) is 5.10 Å². The molecule has 0 fully saturated rings. The monoisotopic (exact) mass is 431 g/mol. The number of hydrogen-bond acceptors (Lipinski definition) is 5. The Labute approximate surface area is 187 Å². The first kappa shape index (κ1) is 22.6. The Bertz CT molecular complexity index is 1100. The summed E-state index contributed by atoms with van der Waals surface area (Å²) in [5.74, 6) is 0.321. The highest BCUT2D eigenvalue weighted by Gasteiger charge is 2.12. The molecule has 0 radical (unpaired) electrons. The summed E-state index contributed by atoms with van der Waals surface area (Å²) in [5, 5.41) is 6.97. The molecule has 0 bridgehead atoms. The van der Waals surface area contributed by atoms with Crippen LogP contribution in [0.1, 0.15) is 23.7 Å². The van der Waals surface area contributed by atoms with E-state index in [2.05, 4.69) is 15.8 Å². The Balaban J connectivity index is 1.64. The standard InChI is InChI=1S/C25H25N3O4/c1-17(27-28-25(30)19-14-20(31-2)16-21(15-19)32-3)13-24(29)26-23-12-8-7-11-22(23)18-9-5-4-6-10-18/h4-12,14-16H,13H2,1-3H3,(H,26,29)(H,28,30). The second kappa shape index (κ2) is 10.8. The van der Waals surface area contributed by atoms with Crippen LogP contribution in [0.3, 0.4) is 0 Å². The Hall–Kier alpha value is -4.13. The number of anilines is 1. The van der Waals surface area contributed by atoms with Gasteiger partial charge in [-0.3, -0.25) is 9.59 Å². The summed E-state index contributed by atoms with van der Waals surface area (Å²) in [5.41, 5.74) is 5.91. The first-order valence-corrected chi connectivity index (χ1v) is 10.0. The predicted octanol–water partition coefficient (Wildman–Crippen LogP) is 4.51. The van der Waals surface area contributed by atoms with Crippen molar-refractivity contribution in [3.63, 3.8) is 0 Å². The number of amides is 2. The van der Waals surface area contributed by atoms with E-state index in [0.29, 0.717) is 28.5 Å². The minimum Gasteiger partial charge on any atom is -0.497 e. The molecule has 3 rings (SSSR count). The van der Waals surface area contributed by atoms with Crippen LogP contribution in [0.4, 0.5) is 5.69 Å². The van der Waals surface area contributed by atoms with Gasteiger partial charge in [0.05, 0.1) is 20.6 Å². The van der Waals surface area contributed by atoms with E-state index in [9.17, 15) is 9.59 Å². The van der Waals surface area contributed by atoms with Crippen LogP contribution in [-0.4, -0.2) is 31.7 Å². The van der Waals surface area contributed by atoms with Crippen molar-refractivity contribution in [1.82, 2.24) is 5.43 Å². The highest BCUT2D eigenvalue weighted by molar-refractivity contribution is 6.07. The van der Waals surface area contributed by atoms with E-state index in [4.69, 9.17) is 9.47 Å². The second-order valence-electron chi connectivity index (χ2n) is 7.03. The molecule has 0 aliphatic carbocycles. The number of benzene rings is 3. The lowest BCUT2D eigenvalue weighted by Gasteiger charge is -2.11. The van der Waals surface area contributed by atoms with Crippen LogP contribution in [0.2, 0.25) is 0 Å². The van der Waals surface area contributed by atoms with Crippen molar-refractivity contribution < 1.29 is 19.1 Å². The number of rotatable bonds is 8. The summed E-state index contributed by atoms with van der Waals surface area (Å²) < 4.78 is 10.4. The third-order valence-corrected chi connectivity index (χ3v) is 4.66. The Morgan fingerprint density at radius 1 is 0.875 bits per heavy atom. The number of methoxy groups -OCH3 is 2. The lowest BCUT2D eigenvalue weighted by molar-refractivity contribution is -0.115. The molecule has 7 heteroatoms. The molecular formula is C25H25N3O4. The lowest BCUT2D eigenvalue weighted by atomic mass is 10.0. The van der Waals surface area contributed by atoms with Gasteiger partial charge in [0.15, 0.2) is 0 Å². The molecule has 0 unspecified atom stereocenters. The summed E-state index contributed by atoms with van der Waals surface area (Å²) in [6, 6.07) is 22.2. The first-order valence-electron chi connectivity index (χ1n) is 10.0.